The Morgan fingerprint density at radius 1 is 0.897 bits per heavy atom. The van der Waals surface area contributed by atoms with E-state index in [0.717, 1.165) is 112 Å². The molecular weight excluding hydrogens is 867 g/mol. The summed E-state index contributed by atoms with van der Waals surface area (Å²) in [6.07, 6.45) is 6.92. The second-order valence-electron chi connectivity index (χ2n) is 20.7. The molecule has 6 aliphatic rings. The summed E-state index contributed by atoms with van der Waals surface area (Å²) in [5.74, 6) is 0.0970. The van der Waals surface area contributed by atoms with Crippen LogP contribution in [0.5, 0.6) is 11.5 Å². The van der Waals surface area contributed by atoms with Gasteiger partial charge >= 0.3 is 0 Å². The van der Waals surface area contributed by atoms with Crippen molar-refractivity contribution in [3.8, 4) is 17.6 Å². The van der Waals surface area contributed by atoms with Crippen LogP contribution in [0.25, 0.3) is 0 Å². The summed E-state index contributed by atoms with van der Waals surface area (Å²) in [6, 6.07) is 10.2. The van der Waals surface area contributed by atoms with Crippen LogP contribution < -0.4 is 25.0 Å². The number of nitrogens with zero attached hydrogens (tertiary/aromatic N) is 7. The number of nitriles is 1. The Labute approximate surface area is 397 Å². The van der Waals surface area contributed by atoms with Gasteiger partial charge in [0, 0.05) is 88.0 Å². The van der Waals surface area contributed by atoms with Crippen molar-refractivity contribution >= 4 is 35.4 Å². The van der Waals surface area contributed by atoms with E-state index in [1.165, 1.54) is 0 Å². The van der Waals surface area contributed by atoms with Crippen molar-refractivity contribution in [2.24, 2.45) is 16.7 Å². The third kappa shape index (κ3) is 9.17. The van der Waals surface area contributed by atoms with Crippen molar-refractivity contribution in [1.29, 1.82) is 5.26 Å². The number of aryl methyl sites for hydroxylation is 2. The molecule has 0 unspecified atom stereocenters. The third-order valence-corrected chi connectivity index (χ3v) is 15.4. The number of benzene rings is 2. The van der Waals surface area contributed by atoms with Gasteiger partial charge < -0.3 is 24.4 Å². The van der Waals surface area contributed by atoms with E-state index in [-0.39, 0.29) is 64.6 Å². The first kappa shape index (κ1) is 47.1. The van der Waals surface area contributed by atoms with E-state index in [9.17, 15) is 29.2 Å². The number of aromatic nitrogens is 2. The van der Waals surface area contributed by atoms with Crippen molar-refractivity contribution in [3.05, 3.63) is 76.2 Å². The molecule has 5 fully saturated rings. The summed E-state index contributed by atoms with van der Waals surface area (Å²) in [6.45, 7) is 20.2. The average molecular weight is 930 g/mol. The number of morpholine rings is 1. The summed E-state index contributed by atoms with van der Waals surface area (Å²) in [5.41, 5.74) is 2.39. The second kappa shape index (κ2) is 18.9. The number of carbonyl (C=O) groups excluding carboxylic acids is 5. The number of hydrogen-bond donors (Lipinski definition) is 2. The Bertz CT molecular complexity index is 2460. The number of anilines is 1. The van der Waals surface area contributed by atoms with Gasteiger partial charge in [0.15, 0.2) is 0 Å². The molecule has 3 saturated heterocycles. The molecule has 0 bridgehead atoms. The molecule has 2 aromatic carbocycles. The Kier molecular flexibility index (Phi) is 13.1. The number of fused-ring (bicyclic) bond motifs is 1. The predicted molar refractivity (Wildman–Crippen MR) is 250 cm³/mol. The molecule has 9 rings (SSSR count). The second-order valence-corrected chi connectivity index (χ2v) is 20.7. The molecule has 1 aromatic heterocycles. The van der Waals surface area contributed by atoms with Crippen LogP contribution in [0.15, 0.2) is 42.7 Å². The zero-order valence-electron chi connectivity index (χ0n) is 40.0. The molecular formula is C51H63N9O8. The smallest absolute Gasteiger partial charge is 0.271 e. The average Bonchev–Trinajstić information content (AvgIpc) is 3.55. The predicted octanol–water partition coefficient (Wildman–Crippen LogP) is 4.44. The summed E-state index contributed by atoms with van der Waals surface area (Å²) >= 11 is 0. The van der Waals surface area contributed by atoms with Crippen molar-refractivity contribution in [2.45, 2.75) is 110 Å². The molecule has 17 nitrogen and oxygen atoms in total. The maximum Gasteiger partial charge on any atom is 0.271 e. The molecule has 3 aromatic rings. The van der Waals surface area contributed by atoms with Gasteiger partial charge in [-0.2, -0.15) is 5.26 Å². The lowest BCUT2D eigenvalue weighted by atomic mass is 9.49. The number of hydrogen-bond acceptors (Lipinski definition) is 14. The minimum atomic E-state index is -1.01. The van der Waals surface area contributed by atoms with E-state index in [1.54, 1.807) is 30.6 Å². The lowest BCUT2D eigenvalue weighted by molar-refractivity contribution is -0.164. The Morgan fingerprint density at radius 2 is 1.59 bits per heavy atom. The van der Waals surface area contributed by atoms with Crippen LogP contribution in [0, 0.1) is 41.9 Å². The monoisotopic (exact) mass is 929 g/mol. The minimum Gasteiger partial charge on any atom is -0.490 e. The molecule has 2 N–H and O–H groups in total. The maximum atomic E-state index is 13.6. The summed E-state index contributed by atoms with van der Waals surface area (Å²) in [5, 5.41) is 15.0. The molecule has 17 heteroatoms. The lowest BCUT2D eigenvalue weighted by Gasteiger charge is -2.63. The van der Waals surface area contributed by atoms with Crippen molar-refractivity contribution in [3.63, 3.8) is 0 Å². The molecule has 68 heavy (non-hydrogen) atoms. The van der Waals surface area contributed by atoms with Gasteiger partial charge in [0.2, 0.25) is 11.8 Å². The molecule has 2 saturated carbocycles. The van der Waals surface area contributed by atoms with Gasteiger partial charge in [-0.15, -0.1) is 0 Å². The van der Waals surface area contributed by atoms with E-state index in [4.69, 9.17) is 19.2 Å². The van der Waals surface area contributed by atoms with Gasteiger partial charge in [0.25, 0.3) is 17.7 Å². The van der Waals surface area contributed by atoms with E-state index >= 15 is 0 Å². The highest BCUT2D eigenvalue weighted by Gasteiger charge is 2.64. The van der Waals surface area contributed by atoms with Gasteiger partial charge in [0.05, 0.1) is 48.4 Å². The highest BCUT2D eigenvalue weighted by molar-refractivity contribution is 6.23. The molecule has 1 atom stereocenters. The summed E-state index contributed by atoms with van der Waals surface area (Å²) in [7, 11) is 0. The van der Waals surface area contributed by atoms with Crippen LogP contribution in [-0.4, -0.2) is 144 Å². The lowest BCUT2D eigenvalue weighted by Crippen LogP contribution is -2.74. The number of carbonyl (C=O) groups is 5. The number of imide groups is 2. The number of rotatable bonds is 14. The normalized spacial score (nSPS) is 25.8. The van der Waals surface area contributed by atoms with Crippen molar-refractivity contribution < 1.29 is 38.2 Å². The fourth-order valence-electron chi connectivity index (χ4n) is 11.8. The number of piperidine rings is 2. The Balaban J connectivity index is 0.768. The SMILES string of the molecule is Cc1cc(OC2C(C)(C)C(NC(=O)c3cnc(N4CCC(CN(CCN5CCOCC5)C5CC(Oc6ccc7c(c6)C(=O)N([C@@H]6CCC(=O)NC6=O)C7=O)C5)CC4)cn3)C2(C)C)cc(C)c1C#N. The molecule has 5 heterocycles. The third-order valence-electron chi connectivity index (χ3n) is 15.4. The largest absolute Gasteiger partial charge is 0.490 e. The van der Waals surface area contributed by atoms with Gasteiger partial charge in [-0.05, 0) is 80.5 Å². The fourth-order valence-corrected chi connectivity index (χ4v) is 11.8. The van der Waals surface area contributed by atoms with Crippen LogP contribution in [0.3, 0.4) is 0 Å². The number of amides is 5. The topological polar surface area (TPSA) is 200 Å². The highest BCUT2D eigenvalue weighted by Crippen LogP contribution is 2.55. The molecule has 5 amide bonds. The van der Waals surface area contributed by atoms with Crippen LogP contribution in [0.4, 0.5) is 5.82 Å². The summed E-state index contributed by atoms with van der Waals surface area (Å²) in [4.78, 5) is 82.1. The maximum absolute atomic E-state index is 13.6. The molecule has 0 radical (unpaired) electrons. The first-order chi connectivity index (χ1) is 32.5. The van der Waals surface area contributed by atoms with Crippen molar-refractivity contribution in [1.82, 2.24) is 35.3 Å². The molecule has 4 aliphatic heterocycles. The number of nitrogens with one attached hydrogen (secondary N) is 2. The fraction of sp³-hybridized carbons (Fsp3) is 0.569. The first-order valence-corrected chi connectivity index (χ1v) is 24.1. The standard InChI is InChI=1S/C51H63N9O8/c1-30-21-35(22-31(2)39(30)26-52)68-49-50(3,4)48(51(49,5)6)56-44(62)40-27-54-42(28-53-40)58-13-11-32(12-14-58)29-59(16-15-57-17-19-66-20-18-57)33-23-36(24-33)67-34-7-8-37-38(25-34)47(65)60(46(37)64)41-9-10-43(61)55-45(41)63/h7-8,21-22,25,27-28,32-33,36,41,48-49H,9-20,23-24,29H2,1-6H3,(H,56,62)(H,55,61,63)/t33?,36?,41-,48?,49?/m1/s1. The Morgan fingerprint density at radius 3 is 2.24 bits per heavy atom. The van der Waals surface area contributed by atoms with E-state index in [2.05, 4.69) is 64.1 Å². The van der Waals surface area contributed by atoms with Crippen LogP contribution in [0.2, 0.25) is 0 Å². The van der Waals surface area contributed by atoms with Gasteiger partial charge in [0.1, 0.15) is 41.3 Å². The summed E-state index contributed by atoms with van der Waals surface area (Å²) < 4.78 is 18.5. The van der Waals surface area contributed by atoms with Gasteiger partial charge in [-0.1, -0.05) is 27.7 Å². The van der Waals surface area contributed by atoms with Crippen LogP contribution in [-0.2, 0) is 14.3 Å². The van der Waals surface area contributed by atoms with E-state index in [1.807, 2.05) is 26.0 Å². The van der Waals surface area contributed by atoms with Crippen LogP contribution in [0.1, 0.15) is 114 Å². The first-order valence-electron chi connectivity index (χ1n) is 24.1. The van der Waals surface area contributed by atoms with Gasteiger partial charge in [-0.3, -0.25) is 44.0 Å². The molecule has 2 aliphatic carbocycles. The van der Waals surface area contributed by atoms with Crippen LogP contribution >= 0.6 is 0 Å². The zero-order chi connectivity index (χ0) is 48.1. The van der Waals surface area contributed by atoms with Gasteiger partial charge in [-0.25, -0.2) is 9.97 Å². The Hall–Kier alpha value is -5.96. The van der Waals surface area contributed by atoms with Crippen molar-refractivity contribution in [2.75, 3.05) is 63.9 Å². The zero-order valence-corrected chi connectivity index (χ0v) is 40.0. The number of ether oxygens (including phenoxy) is 3. The quantitative estimate of drug-likeness (QED) is 0.215. The highest BCUT2D eigenvalue weighted by atomic mass is 16.5. The minimum absolute atomic E-state index is 0.0423. The van der Waals surface area contributed by atoms with E-state index in [0.29, 0.717) is 23.3 Å². The van der Waals surface area contributed by atoms with E-state index < -0.39 is 29.7 Å². The molecule has 360 valence electrons. The molecule has 0 spiro atoms.